The summed E-state index contributed by atoms with van der Waals surface area (Å²) in [4.78, 5) is 15.9. The Morgan fingerprint density at radius 2 is 2.31 bits per heavy atom. The van der Waals surface area contributed by atoms with E-state index < -0.39 is 5.97 Å². The lowest BCUT2D eigenvalue weighted by atomic mass is 10.2. The Balaban J connectivity index is 2.96. The molecule has 0 fully saturated rings. The van der Waals surface area contributed by atoms with Crippen molar-refractivity contribution in [1.82, 2.24) is 10.3 Å². The van der Waals surface area contributed by atoms with Crippen molar-refractivity contribution in [2.45, 2.75) is 32.6 Å². The maximum Gasteiger partial charge on any atom is 0.347 e. The summed E-state index contributed by atoms with van der Waals surface area (Å²) in [6.07, 6.45) is 1.66. The van der Waals surface area contributed by atoms with Gasteiger partial charge in [0.1, 0.15) is 4.88 Å². The zero-order chi connectivity index (χ0) is 12.1. The van der Waals surface area contributed by atoms with Crippen LogP contribution in [-0.2, 0) is 6.42 Å². The van der Waals surface area contributed by atoms with E-state index in [0.29, 0.717) is 4.88 Å². The van der Waals surface area contributed by atoms with Crippen LogP contribution >= 0.6 is 11.3 Å². The molecule has 0 bridgehead atoms. The third kappa shape index (κ3) is 3.02. The summed E-state index contributed by atoms with van der Waals surface area (Å²) in [7, 11) is 1.88. The largest absolute Gasteiger partial charge is 0.477 e. The summed E-state index contributed by atoms with van der Waals surface area (Å²) in [5.74, 6) is -0.595. The van der Waals surface area contributed by atoms with Crippen molar-refractivity contribution in [2.24, 2.45) is 0 Å². The van der Waals surface area contributed by atoms with E-state index in [0.717, 1.165) is 30.1 Å². The summed E-state index contributed by atoms with van der Waals surface area (Å²) in [6, 6.07) is 0. The monoisotopic (exact) mass is 242 g/mol. The first-order valence-electron chi connectivity index (χ1n) is 5.47. The number of carboxylic acid groups (broad SMARTS) is 1. The fourth-order valence-corrected chi connectivity index (χ4v) is 2.55. The number of thiazole rings is 1. The molecule has 0 spiro atoms. The lowest BCUT2D eigenvalue weighted by Gasteiger charge is -2.05. The van der Waals surface area contributed by atoms with Crippen LogP contribution in [0, 0.1) is 0 Å². The Morgan fingerprint density at radius 1 is 1.62 bits per heavy atom. The highest BCUT2D eigenvalue weighted by molar-refractivity contribution is 7.13. The maximum atomic E-state index is 11.0. The van der Waals surface area contributed by atoms with Crippen molar-refractivity contribution >= 4 is 17.3 Å². The number of aromatic nitrogens is 1. The molecule has 1 aromatic rings. The Bertz CT molecular complexity index is 363. The number of nitrogens with one attached hydrogen (secondary N) is 1. The summed E-state index contributed by atoms with van der Waals surface area (Å²) in [5, 5.41) is 13.1. The first-order chi connectivity index (χ1) is 7.60. The smallest absolute Gasteiger partial charge is 0.347 e. The van der Waals surface area contributed by atoms with Crippen LogP contribution in [0.25, 0.3) is 0 Å². The number of rotatable bonds is 6. The highest BCUT2D eigenvalue weighted by atomic mass is 32.1. The molecule has 0 aliphatic rings. The molecular weight excluding hydrogens is 224 g/mol. The van der Waals surface area contributed by atoms with Gasteiger partial charge < -0.3 is 10.4 Å². The van der Waals surface area contributed by atoms with Gasteiger partial charge in [-0.1, -0.05) is 20.3 Å². The highest BCUT2D eigenvalue weighted by Crippen LogP contribution is 2.25. The molecule has 0 amide bonds. The van der Waals surface area contributed by atoms with Gasteiger partial charge in [-0.3, -0.25) is 0 Å². The van der Waals surface area contributed by atoms with Gasteiger partial charge in [0.2, 0.25) is 0 Å². The molecule has 0 saturated heterocycles. The molecule has 1 unspecified atom stereocenters. The molecule has 0 aliphatic heterocycles. The van der Waals surface area contributed by atoms with E-state index in [-0.39, 0.29) is 5.92 Å². The number of hydrogen-bond donors (Lipinski definition) is 2. The van der Waals surface area contributed by atoms with E-state index in [4.69, 9.17) is 5.11 Å². The molecule has 5 heteroatoms. The fourth-order valence-electron chi connectivity index (χ4n) is 1.55. The van der Waals surface area contributed by atoms with Crippen molar-refractivity contribution in [3.05, 3.63) is 15.6 Å². The lowest BCUT2D eigenvalue weighted by Crippen LogP contribution is -2.14. The second-order valence-electron chi connectivity index (χ2n) is 3.84. The van der Waals surface area contributed by atoms with Crippen LogP contribution in [0.2, 0.25) is 0 Å². The number of carbonyl (C=O) groups is 1. The predicted molar refractivity (Wildman–Crippen MR) is 65.4 cm³/mol. The average Bonchev–Trinajstić information content (AvgIpc) is 2.63. The molecule has 1 aromatic heterocycles. The first-order valence-corrected chi connectivity index (χ1v) is 6.29. The molecule has 0 aliphatic carbocycles. The van der Waals surface area contributed by atoms with Gasteiger partial charge in [-0.05, 0) is 13.5 Å². The molecular formula is C11H18N2O2S. The normalized spacial score (nSPS) is 12.7. The summed E-state index contributed by atoms with van der Waals surface area (Å²) in [6.45, 7) is 4.90. The number of aromatic carboxylic acids is 1. The number of hydrogen-bond acceptors (Lipinski definition) is 4. The molecule has 1 heterocycles. The quantitative estimate of drug-likeness (QED) is 0.802. The van der Waals surface area contributed by atoms with E-state index in [1.165, 1.54) is 11.3 Å². The molecule has 4 nitrogen and oxygen atoms in total. The maximum absolute atomic E-state index is 11.0. The second kappa shape index (κ2) is 5.96. The first kappa shape index (κ1) is 13.1. The van der Waals surface area contributed by atoms with Crippen molar-refractivity contribution < 1.29 is 9.90 Å². The average molecular weight is 242 g/mol. The summed E-state index contributed by atoms with van der Waals surface area (Å²) in [5.41, 5.74) is 0.734. The van der Waals surface area contributed by atoms with Gasteiger partial charge in [-0.15, -0.1) is 11.3 Å². The third-order valence-electron chi connectivity index (χ3n) is 2.33. The van der Waals surface area contributed by atoms with Crippen molar-refractivity contribution in [3.8, 4) is 0 Å². The number of likely N-dealkylation sites (N-methyl/N-ethyl adjacent to an activating group) is 1. The van der Waals surface area contributed by atoms with Gasteiger partial charge >= 0.3 is 5.97 Å². The Labute approximate surface area is 99.7 Å². The summed E-state index contributed by atoms with van der Waals surface area (Å²) >= 11 is 1.30. The van der Waals surface area contributed by atoms with E-state index in [2.05, 4.69) is 17.2 Å². The van der Waals surface area contributed by atoms with Crippen LogP contribution in [-0.4, -0.2) is 29.7 Å². The molecule has 90 valence electrons. The number of aryl methyl sites for hydroxylation is 1. The molecule has 16 heavy (non-hydrogen) atoms. The van der Waals surface area contributed by atoms with Gasteiger partial charge in [0, 0.05) is 12.5 Å². The van der Waals surface area contributed by atoms with Crippen LogP contribution in [0.5, 0.6) is 0 Å². The Hall–Kier alpha value is -0.940. The van der Waals surface area contributed by atoms with E-state index in [1.54, 1.807) is 0 Å². The van der Waals surface area contributed by atoms with Crippen LogP contribution < -0.4 is 5.32 Å². The minimum atomic E-state index is -0.858. The highest BCUT2D eigenvalue weighted by Gasteiger charge is 2.19. The standard InChI is InChI=1S/C11H18N2O2S/c1-4-5-8-9(11(14)15)16-10(13-8)7(2)6-12-3/h7,12H,4-6H2,1-3H3,(H,14,15). The van der Waals surface area contributed by atoms with E-state index >= 15 is 0 Å². The second-order valence-corrected chi connectivity index (χ2v) is 4.87. The Kier molecular flexibility index (Phi) is 4.89. The van der Waals surface area contributed by atoms with Crippen LogP contribution in [0.15, 0.2) is 0 Å². The zero-order valence-corrected chi connectivity index (χ0v) is 10.7. The van der Waals surface area contributed by atoms with Gasteiger partial charge in [0.15, 0.2) is 0 Å². The molecule has 0 aromatic carbocycles. The van der Waals surface area contributed by atoms with E-state index in [9.17, 15) is 4.79 Å². The lowest BCUT2D eigenvalue weighted by molar-refractivity contribution is 0.0700. The van der Waals surface area contributed by atoms with Crippen molar-refractivity contribution in [2.75, 3.05) is 13.6 Å². The third-order valence-corrected chi connectivity index (χ3v) is 3.64. The van der Waals surface area contributed by atoms with Gasteiger partial charge in [-0.2, -0.15) is 0 Å². The predicted octanol–water partition coefficient (Wildman–Crippen LogP) is 2.12. The van der Waals surface area contributed by atoms with Gasteiger partial charge in [0.05, 0.1) is 10.7 Å². The molecule has 2 N–H and O–H groups in total. The fraction of sp³-hybridized carbons (Fsp3) is 0.636. The number of carboxylic acids is 1. The van der Waals surface area contributed by atoms with Crippen LogP contribution in [0.1, 0.15) is 46.6 Å². The molecule has 0 radical (unpaired) electrons. The SMILES string of the molecule is CCCc1nc(C(C)CNC)sc1C(=O)O. The van der Waals surface area contributed by atoms with Crippen LogP contribution in [0.4, 0.5) is 0 Å². The molecule has 0 saturated carbocycles. The van der Waals surface area contributed by atoms with Crippen molar-refractivity contribution in [1.29, 1.82) is 0 Å². The molecule has 1 atom stereocenters. The summed E-state index contributed by atoms with van der Waals surface area (Å²) < 4.78 is 0. The minimum Gasteiger partial charge on any atom is -0.477 e. The van der Waals surface area contributed by atoms with Crippen LogP contribution in [0.3, 0.4) is 0 Å². The van der Waals surface area contributed by atoms with Crippen molar-refractivity contribution in [3.63, 3.8) is 0 Å². The van der Waals surface area contributed by atoms with Gasteiger partial charge in [0.25, 0.3) is 0 Å². The van der Waals surface area contributed by atoms with Gasteiger partial charge in [-0.25, -0.2) is 9.78 Å². The zero-order valence-electron chi connectivity index (χ0n) is 9.91. The molecule has 1 rings (SSSR count). The number of nitrogens with zero attached hydrogens (tertiary/aromatic N) is 1. The topological polar surface area (TPSA) is 62.2 Å². The Morgan fingerprint density at radius 3 is 2.81 bits per heavy atom. The van der Waals surface area contributed by atoms with E-state index in [1.807, 2.05) is 14.0 Å². The minimum absolute atomic E-state index is 0.263.